The molecule has 138 valence electrons. The van der Waals surface area contributed by atoms with Gasteiger partial charge in [-0.3, -0.25) is 14.5 Å². The number of benzene rings is 2. The minimum atomic E-state index is -0.155. The Kier molecular flexibility index (Phi) is 8.36. The highest BCUT2D eigenvalue weighted by Gasteiger charge is 2.13. The van der Waals surface area contributed by atoms with Crippen LogP contribution in [0.1, 0.15) is 24.5 Å². The van der Waals surface area contributed by atoms with Gasteiger partial charge in [0.05, 0.1) is 13.1 Å². The fraction of sp³-hybridized carbons (Fsp3) is 0.333. The third kappa shape index (κ3) is 7.49. The summed E-state index contributed by atoms with van der Waals surface area (Å²) in [5.41, 5.74) is 2.30. The average molecular weight is 353 g/mol. The molecule has 0 heterocycles. The van der Waals surface area contributed by atoms with E-state index in [2.05, 4.69) is 15.5 Å². The number of nitrogens with zero attached hydrogens (tertiary/aromatic N) is 1. The Balaban J connectivity index is 1.92. The van der Waals surface area contributed by atoms with Crippen molar-refractivity contribution in [3.63, 3.8) is 0 Å². The molecule has 0 bridgehead atoms. The van der Waals surface area contributed by atoms with Gasteiger partial charge in [-0.2, -0.15) is 0 Å². The second kappa shape index (κ2) is 11.1. The van der Waals surface area contributed by atoms with Crippen molar-refractivity contribution < 1.29 is 9.59 Å². The summed E-state index contributed by atoms with van der Waals surface area (Å²) in [7, 11) is 0. The molecule has 0 atom stereocenters. The minimum Gasteiger partial charge on any atom is -0.355 e. The van der Waals surface area contributed by atoms with Gasteiger partial charge in [0.25, 0.3) is 0 Å². The van der Waals surface area contributed by atoms with Gasteiger partial charge >= 0.3 is 0 Å². The number of carbonyl (C=O) groups is 2. The van der Waals surface area contributed by atoms with Crippen LogP contribution >= 0.6 is 0 Å². The fourth-order valence-corrected chi connectivity index (χ4v) is 2.62. The van der Waals surface area contributed by atoms with Crippen molar-refractivity contribution >= 4 is 11.8 Å². The Bertz CT molecular complexity index is 633. The van der Waals surface area contributed by atoms with E-state index >= 15 is 0 Å². The summed E-state index contributed by atoms with van der Waals surface area (Å²) in [5, 5.41) is 5.45. The number of rotatable bonds is 10. The standard InChI is InChI=1S/C21H27N3O2/c1-2-13-22-20(25)14-23-21(26)17-24(15-18-9-5-3-6-10-18)16-19-11-7-4-8-12-19/h3-12H,2,13-17H2,1H3,(H,22,25)(H,23,26). The van der Waals surface area contributed by atoms with Crippen molar-refractivity contribution in [3.05, 3.63) is 71.8 Å². The fourth-order valence-electron chi connectivity index (χ4n) is 2.62. The van der Waals surface area contributed by atoms with E-state index in [0.29, 0.717) is 19.6 Å². The van der Waals surface area contributed by atoms with Crippen LogP contribution in [0.3, 0.4) is 0 Å². The molecule has 0 aromatic heterocycles. The van der Waals surface area contributed by atoms with Crippen molar-refractivity contribution in [2.75, 3.05) is 19.6 Å². The van der Waals surface area contributed by atoms with Crippen LogP contribution in [0.5, 0.6) is 0 Å². The third-order valence-corrected chi connectivity index (χ3v) is 3.88. The van der Waals surface area contributed by atoms with Gasteiger partial charge in [-0.1, -0.05) is 67.6 Å². The second-order valence-corrected chi connectivity index (χ2v) is 6.24. The molecular weight excluding hydrogens is 326 g/mol. The monoisotopic (exact) mass is 353 g/mol. The Morgan fingerprint density at radius 3 is 1.85 bits per heavy atom. The molecule has 0 saturated heterocycles. The third-order valence-electron chi connectivity index (χ3n) is 3.88. The smallest absolute Gasteiger partial charge is 0.239 e. The van der Waals surface area contributed by atoms with Crippen molar-refractivity contribution in [2.24, 2.45) is 0 Å². The van der Waals surface area contributed by atoms with E-state index in [0.717, 1.165) is 17.5 Å². The summed E-state index contributed by atoms with van der Waals surface area (Å²) in [5.74, 6) is -0.304. The molecule has 0 aliphatic carbocycles. The topological polar surface area (TPSA) is 61.4 Å². The van der Waals surface area contributed by atoms with E-state index in [9.17, 15) is 9.59 Å². The highest BCUT2D eigenvalue weighted by molar-refractivity contribution is 5.85. The number of amides is 2. The van der Waals surface area contributed by atoms with Crippen molar-refractivity contribution in [1.82, 2.24) is 15.5 Å². The summed E-state index contributed by atoms with van der Waals surface area (Å²) in [6.45, 7) is 4.22. The Hall–Kier alpha value is -2.66. The first kappa shape index (κ1) is 19.7. The SMILES string of the molecule is CCCNC(=O)CNC(=O)CN(Cc1ccccc1)Cc1ccccc1. The van der Waals surface area contributed by atoms with Gasteiger partial charge in [-0.05, 0) is 17.5 Å². The lowest BCUT2D eigenvalue weighted by atomic mass is 10.1. The molecule has 0 fully saturated rings. The molecule has 0 unspecified atom stereocenters. The van der Waals surface area contributed by atoms with Crippen molar-refractivity contribution in [2.45, 2.75) is 26.4 Å². The van der Waals surface area contributed by atoms with Crippen LogP contribution in [0.25, 0.3) is 0 Å². The molecule has 0 radical (unpaired) electrons. The van der Waals surface area contributed by atoms with Crippen LogP contribution in [0.2, 0.25) is 0 Å². The lowest BCUT2D eigenvalue weighted by Gasteiger charge is -2.22. The molecular formula is C21H27N3O2. The van der Waals surface area contributed by atoms with Crippen LogP contribution < -0.4 is 10.6 Å². The summed E-state index contributed by atoms with van der Waals surface area (Å²) in [6, 6.07) is 20.1. The van der Waals surface area contributed by atoms with E-state index in [1.165, 1.54) is 0 Å². The molecule has 0 spiro atoms. The van der Waals surface area contributed by atoms with E-state index in [-0.39, 0.29) is 24.9 Å². The molecule has 2 rings (SSSR count). The Morgan fingerprint density at radius 1 is 0.808 bits per heavy atom. The molecule has 2 amide bonds. The van der Waals surface area contributed by atoms with Crippen molar-refractivity contribution in [1.29, 1.82) is 0 Å². The average Bonchev–Trinajstić information content (AvgIpc) is 2.66. The predicted octanol–water partition coefficient (Wildman–Crippen LogP) is 2.33. The number of hydrogen-bond acceptors (Lipinski definition) is 3. The Morgan fingerprint density at radius 2 is 1.35 bits per heavy atom. The number of hydrogen-bond donors (Lipinski definition) is 2. The zero-order chi connectivity index (χ0) is 18.6. The lowest BCUT2D eigenvalue weighted by molar-refractivity contribution is -0.126. The summed E-state index contributed by atoms with van der Waals surface area (Å²) in [6.07, 6.45) is 0.877. The number of carbonyl (C=O) groups excluding carboxylic acids is 2. The molecule has 5 heteroatoms. The van der Waals surface area contributed by atoms with Gasteiger partial charge in [0.2, 0.25) is 11.8 Å². The quantitative estimate of drug-likeness (QED) is 0.689. The van der Waals surface area contributed by atoms with Gasteiger partial charge in [-0.15, -0.1) is 0 Å². The zero-order valence-corrected chi connectivity index (χ0v) is 15.3. The van der Waals surface area contributed by atoms with Crippen LogP contribution in [0.4, 0.5) is 0 Å². The number of nitrogens with one attached hydrogen (secondary N) is 2. The van der Waals surface area contributed by atoms with Gasteiger partial charge in [0.1, 0.15) is 0 Å². The molecule has 26 heavy (non-hydrogen) atoms. The molecule has 0 aliphatic heterocycles. The van der Waals surface area contributed by atoms with Gasteiger partial charge in [-0.25, -0.2) is 0 Å². The highest BCUT2D eigenvalue weighted by atomic mass is 16.2. The van der Waals surface area contributed by atoms with Gasteiger partial charge < -0.3 is 10.6 Å². The molecule has 0 aliphatic rings. The van der Waals surface area contributed by atoms with E-state index in [4.69, 9.17) is 0 Å². The first-order chi connectivity index (χ1) is 12.7. The maximum Gasteiger partial charge on any atom is 0.239 e. The molecule has 2 aromatic carbocycles. The van der Waals surface area contributed by atoms with Crippen LogP contribution in [0.15, 0.2) is 60.7 Å². The first-order valence-electron chi connectivity index (χ1n) is 9.01. The molecule has 5 nitrogen and oxygen atoms in total. The second-order valence-electron chi connectivity index (χ2n) is 6.24. The molecule has 2 aromatic rings. The summed E-state index contributed by atoms with van der Waals surface area (Å²) in [4.78, 5) is 26.0. The van der Waals surface area contributed by atoms with E-state index in [1.807, 2.05) is 67.6 Å². The zero-order valence-electron chi connectivity index (χ0n) is 15.3. The van der Waals surface area contributed by atoms with E-state index in [1.54, 1.807) is 0 Å². The van der Waals surface area contributed by atoms with Gasteiger partial charge in [0.15, 0.2) is 0 Å². The van der Waals surface area contributed by atoms with Gasteiger partial charge in [0, 0.05) is 19.6 Å². The van der Waals surface area contributed by atoms with Crippen LogP contribution in [0, 0.1) is 0 Å². The first-order valence-corrected chi connectivity index (χ1v) is 9.01. The van der Waals surface area contributed by atoms with Crippen molar-refractivity contribution in [3.8, 4) is 0 Å². The summed E-state index contributed by atoms with van der Waals surface area (Å²) >= 11 is 0. The normalized spacial score (nSPS) is 10.5. The maximum absolute atomic E-state index is 12.3. The highest BCUT2D eigenvalue weighted by Crippen LogP contribution is 2.09. The summed E-state index contributed by atoms with van der Waals surface area (Å²) < 4.78 is 0. The Labute approximate surface area is 155 Å². The molecule has 2 N–H and O–H groups in total. The van der Waals surface area contributed by atoms with E-state index < -0.39 is 0 Å². The van der Waals surface area contributed by atoms with Crippen LogP contribution in [-0.2, 0) is 22.7 Å². The van der Waals surface area contributed by atoms with Crippen LogP contribution in [-0.4, -0.2) is 36.3 Å². The molecule has 0 saturated carbocycles. The lowest BCUT2D eigenvalue weighted by Crippen LogP contribution is -2.42. The largest absolute Gasteiger partial charge is 0.355 e. The minimum absolute atomic E-state index is 0.0172. The maximum atomic E-state index is 12.3. The predicted molar refractivity (Wildman–Crippen MR) is 103 cm³/mol.